The number of rotatable bonds is 5. The lowest BCUT2D eigenvalue weighted by Crippen LogP contribution is -2.04. The Bertz CT molecular complexity index is 873. The van der Waals surface area contributed by atoms with Crippen LogP contribution in [0.4, 0.5) is 13.2 Å². The van der Waals surface area contributed by atoms with Crippen molar-refractivity contribution in [1.82, 2.24) is 0 Å². The van der Waals surface area contributed by atoms with Gasteiger partial charge in [-0.2, -0.15) is 0 Å². The van der Waals surface area contributed by atoms with Crippen LogP contribution in [-0.4, -0.2) is 0 Å². The van der Waals surface area contributed by atoms with Crippen molar-refractivity contribution in [3.8, 4) is 0 Å². The molecule has 3 heteroatoms. The average molecular weight is 352 g/mol. The van der Waals surface area contributed by atoms with E-state index in [0.29, 0.717) is 12.0 Å². The van der Waals surface area contributed by atoms with Crippen LogP contribution in [0.2, 0.25) is 0 Å². The maximum Gasteiger partial charge on any atom is 0.129 e. The number of hydrogen-bond acceptors (Lipinski definition) is 0. The Kier molecular flexibility index (Phi) is 5.57. The minimum Gasteiger partial charge on any atom is -0.207 e. The summed E-state index contributed by atoms with van der Waals surface area (Å²) in [5.41, 5.74) is 2.33. The molecular formula is C23H19F3. The fraction of sp³-hybridized carbons (Fsp3) is 0.130. The first-order valence-electron chi connectivity index (χ1n) is 8.49. The van der Waals surface area contributed by atoms with Gasteiger partial charge in [0.25, 0.3) is 0 Å². The molecule has 1 atom stereocenters. The average Bonchev–Trinajstić information content (AvgIpc) is 2.65. The number of halogens is 3. The molecule has 0 aliphatic rings. The van der Waals surface area contributed by atoms with E-state index in [-0.39, 0.29) is 17.3 Å². The maximum atomic E-state index is 14.4. The largest absolute Gasteiger partial charge is 0.207 e. The van der Waals surface area contributed by atoms with E-state index in [2.05, 4.69) is 0 Å². The lowest BCUT2D eigenvalue weighted by Gasteiger charge is -2.13. The van der Waals surface area contributed by atoms with Crippen LogP contribution in [0.15, 0.2) is 66.7 Å². The monoisotopic (exact) mass is 352 g/mol. The summed E-state index contributed by atoms with van der Waals surface area (Å²) in [6.07, 6.45) is 3.60. The van der Waals surface area contributed by atoms with Crippen molar-refractivity contribution in [2.45, 2.75) is 19.3 Å². The highest BCUT2D eigenvalue weighted by atomic mass is 19.1. The first kappa shape index (κ1) is 18.0. The third-order valence-electron chi connectivity index (χ3n) is 4.38. The van der Waals surface area contributed by atoms with Crippen LogP contribution in [-0.2, 0) is 6.42 Å². The normalized spacial score (nSPS) is 12.5. The molecule has 0 aliphatic carbocycles. The summed E-state index contributed by atoms with van der Waals surface area (Å²) in [6.45, 7) is 1.95. The van der Waals surface area contributed by atoms with Gasteiger partial charge in [-0.15, -0.1) is 0 Å². The van der Waals surface area contributed by atoms with Gasteiger partial charge in [0.2, 0.25) is 0 Å². The van der Waals surface area contributed by atoms with Gasteiger partial charge in [-0.05, 0) is 53.3 Å². The van der Waals surface area contributed by atoms with E-state index in [0.717, 1.165) is 11.1 Å². The van der Waals surface area contributed by atoms with Gasteiger partial charge < -0.3 is 0 Å². The molecular weight excluding hydrogens is 333 g/mol. The van der Waals surface area contributed by atoms with Gasteiger partial charge in [-0.25, -0.2) is 13.2 Å². The van der Waals surface area contributed by atoms with Crippen LogP contribution in [0.3, 0.4) is 0 Å². The second-order valence-corrected chi connectivity index (χ2v) is 6.36. The predicted molar refractivity (Wildman–Crippen MR) is 100 cm³/mol. The van der Waals surface area contributed by atoms with E-state index in [4.69, 9.17) is 0 Å². The minimum atomic E-state index is -0.550. The molecule has 0 saturated heterocycles. The van der Waals surface area contributed by atoms with E-state index in [1.54, 1.807) is 24.3 Å². The standard InChI is InChI=1S/C23H19F3/c1-16(19-5-3-2-4-6-19)13-21-22(25)14-18(15-23(21)26)8-7-17-9-11-20(24)12-10-17/h2-12,14-16H,13H2,1H3/b8-7+. The maximum absolute atomic E-state index is 14.4. The smallest absolute Gasteiger partial charge is 0.129 e. The molecule has 132 valence electrons. The van der Waals surface area contributed by atoms with Gasteiger partial charge >= 0.3 is 0 Å². The van der Waals surface area contributed by atoms with E-state index >= 15 is 0 Å². The summed E-state index contributed by atoms with van der Waals surface area (Å²) in [5.74, 6) is -1.41. The van der Waals surface area contributed by atoms with Crippen LogP contribution in [0.5, 0.6) is 0 Å². The van der Waals surface area contributed by atoms with Crippen molar-refractivity contribution in [2.24, 2.45) is 0 Å². The Morgan fingerprint density at radius 2 is 1.35 bits per heavy atom. The van der Waals surface area contributed by atoms with Crippen LogP contribution >= 0.6 is 0 Å². The SMILES string of the molecule is CC(Cc1c(F)cc(/C=C/c2ccc(F)cc2)cc1F)c1ccccc1. The summed E-state index contributed by atoms with van der Waals surface area (Å²) in [7, 11) is 0. The van der Waals surface area contributed by atoms with Crippen LogP contribution in [0, 0.1) is 17.5 Å². The molecule has 0 aromatic heterocycles. The zero-order chi connectivity index (χ0) is 18.5. The van der Waals surface area contributed by atoms with Gasteiger partial charge in [0.15, 0.2) is 0 Å². The first-order chi connectivity index (χ1) is 12.5. The molecule has 0 bridgehead atoms. The molecule has 0 aliphatic heterocycles. The Morgan fingerprint density at radius 1 is 0.769 bits per heavy atom. The van der Waals surface area contributed by atoms with Gasteiger partial charge in [-0.3, -0.25) is 0 Å². The van der Waals surface area contributed by atoms with Crippen LogP contribution in [0.1, 0.15) is 35.1 Å². The lowest BCUT2D eigenvalue weighted by atomic mass is 9.92. The summed E-state index contributed by atoms with van der Waals surface area (Å²) in [5, 5.41) is 0. The van der Waals surface area contributed by atoms with Gasteiger partial charge in [-0.1, -0.05) is 61.5 Å². The molecule has 1 unspecified atom stereocenters. The Hall–Kier alpha value is -2.81. The summed E-state index contributed by atoms with van der Waals surface area (Å²) in [6, 6.07) is 18.2. The summed E-state index contributed by atoms with van der Waals surface area (Å²) < 4.78 is 41.8. The Morgan fingerprint density at radius 3 is 1.96 bits per heavy atom. The fourth-order valence-electron chi connectivity index (χ4n) is 2.89. The van der Waals surface area contributed by atoms with Crippen molar-refractivity contribution in [1.29, 1.82) is 0 Å². The molecule has 26 heavy (non-hydrogen) atoms. The quantitative estimate of drug-likeness (QED) is 0.453. The number of benzene rings is 3. The van der Waals surface area contributed by atoms with Gasteiger partial charge in [0.1, 0.15) is 17.5 Å². The van der Waals surface area contributed by atoms with Crippen molar-refractivity contribution < 1.29 is 13.2 Å². The Balaban J connectivity index is 1.78. The molecule has 3 aromatic rings. The second-order valence-electron chi connectivity index (χ2n) is 6.36. The molecule has 0 saturated carbocycles. The van der Waals surface area contributed by atoms with E-state index in [1.807, 2.05) is 37.3 Å². The topological polar surface area (TPSA) is 0 Å². The van der Waals surface area contributed by atoms with Crippen LogP contribution in [0.25, 0.3) is 12.2 Å². The Labute approximate surface area is 151 Å². The first-order valence-corrected chi connectivity index (χ1v) is 8.49. The minimum absolute atomic E-state index is 0.0146. The molecule has 0 amide bonds. The predicted octanol–water partition coefficient (Wildman–Crippen LogP) is 6.62. The molecule has 0 nitrogen and oxygen atoms in total. The van der Waals surface area contributed by atoms with Crippen molar-refractivity contribution in [2.75, 3.05) is 0 Å². The summed E-state index contributed by atoms with van der Waals surface area (Å²) >= 11 is 0. The molecule has 0 radical (unpaired) electrons. The van der Waals surface area contributed by atoms with E-state index < -0.39 is 11.6 Å². The summed E-state index contributed by atoms with van der Waals surface area (Å²) in [4.78, 5) is 0. The second kappa shape index (κ2) is 8.05. The molecule has 0 heterocycles. The van der Waals surface area contributed by atoms with Crippen molar-refractivity contribution in [3.05, 3.63) is 106 Å². The zero-order valence-electron chi connectivity index (χ0n) is 14.4. The molecule has 0 spiro atoms. The molecule has 3 aromatic carbocycles. The van der Waals surface area contributed by atoms with Crippen molar-refractivity contribution >= 4 is 12.2 Å². The molecule has 0 fully saturated rings. The highest BCUT2D eigenvalue weighted by Gasteiger charge is 2.15. The molecule has 0 N–H and O–H groups in total. The number of hydrogen-bond donors (Lipinski definition) is 0. The van der Waals surface area contributed by atoms with E-state index in [9.17, 15) is 13.2 Å². The highest BCUT2D eigenvalue weighted by molar-refractivity contribution is 5.69. The third-order valence-corrected chi connectivity index (χ3v) is 4.38. The lowest BCUT2D eigenvalue weighted by molar-refractivity contribution is 0.543. The fourth-order valence-corrected chi connectivity index (χ4v) is 2.89. The van der Waals surface area contributed by atoms with E-state index in [1.165, 1.54) is 24.3 Å². The van der Waals surface area contributed by atoms with Crippen molar-refractivity contribution in [3.63, 3.8) is 0 Å². The van der Waals surface area contributed by atoms with Gasteiger partial charge in [0, 0.05) is 5.56 Å². The third kappa shape index (κ3) is 4.42. The molecule has 3 rings (SSSR count). The highest BCUT2D eigenvalue weighted by Crippen LogP contribution is 2.25. The van der Waals surface area contributed by atoms with Crippen LogP contribution < -0.4 is 0 Å². The zero-order valence-corrected chi connectivity index (χ0v) is 14.4. The van der Waals surface area contributed by atoms with Gasteiger partial charge in [0.05, 0.1) is 0 Å².